The summed E-state index contributed by atoms with van der Waals surface area (Å²) >= 11 is 0. The Morgan fingerprint density at radius 1 is 1.00 bits per heavy atom. The summed E-state index contributed by atoms with van der Waals surface area (Å²) in [4.78, 5) is 37.6. The maximum absolute atomic E-state index is 12.9. The minimum absolute atomic E-state index is 0.157. The van der Waals surface area contributed by atoms with Gasteiger partial charge in [0.15, 0.2) is 0 Å². The van der Waals surface area contributed by atoms with Crippen molar-refractivity contribution in [2.45, 2.75) is 13.0 Å². The molecule has 0 saturated carbocycles. The molecule has 9 nitrogen and oxygen atoms in total. The van der Waals surface area contributed by atoms with Crippen LogP contribution >= 0.6 is 0 Å². The molecule has 2 amide bonds. The maximum Gasteiger partial charge on any atom is 0.343 e. The van der Waals surface area contributed by atoms with E-state index in [1.807, 2.05) is 36.4 Å². The molecule has 1 unspecified atom stereocenters. The molecule has 0 aliphatic rings. The van der Waals surface area contributed by atoms with Gasteiger partial charge in [-0.1, -0.05) is 48.5 Å². The van der Waals surface area contributed by atoms with Gasteiger partial charge < -0.3 is 15.4 Å². The van der Waals surface area contributed by atoms with Crippen LogP contribution < -0.4 is 16.0 Å². The molecule has 32 heavy (non-hydrogen) atoms. The zero-order valence-electron chi connectivity index (χ0n) is 17.9. The van der Waals surface area contributed by atoms with Crippen LogP contribution in [0.25, 0.3) is 0 Å². The second-order valence-corrected chi connectivity index (χ2v) is 6.88. The molecule has 0 bridgehead atoms. The van der Waals surface area contributed by atoms with E-state index in [9.17, 15) is 14.4 Å². The SMILES string of the molecule is CCOC(=O)c1cnn(C)c1NC(=O)CNC(C(=O)Nc1ccccc1)c1ccccc1. The van der Waals surface area contributed by atoms with E-state index in [1.54, 1.807) is 38.2 Å². The summed E-state index contributed by atoms with van der Waals surface area (Å²) < 4.78 is 6.37. The number of esters is 1. The first-order chi connectivity index (χ1) is 15.5. The highest BCUT2D eigenvalue weighted by molar-refractivity contribution is 6.01. The molecular formula is C23H25N5O4. The summed E-state index contributed by atoms with van der Waals surface area (Å²) in [5.41, 5.74) is 1.52. The summed E-state index contributed by atoms with van der Waals surface area (Å²) in [5, 5.41) is 12.5. The number of rotatable bonds is 9. The largest absolute Gasteiger partial charge is 0.462 e. The predicted molar refractivity (Wildman–Crippen MR) is 120 cm³/mol. The highest BCUT2D eigenvalue weighted by atomic mass is 16.5. The predicted octanol–water partition coefficient (Wildman–Crippen LogP) is 2.50. The molecule has 3 rings (SSSR count). The van der Waals surface area contributed by atoms with Gasteiger partial charge in [0, 0.05) is 12.7 Å². The van der Waals surface area contributed by atoms with E-state index in [4.69, 9.17) is 4.74 Å². The number of anilines is 2. The minimum Gasteiger partial charge on any atom is -0.462 e. The molecule has 3 aromatic rings. The molecular weight excluding hydrogens is 410 g/mol. The van der Waals surface area contributed by atoms with E-state index in [2.05, 4.69) is 21.0 Å². The van der Waals surface area contributed by atoms with Crippen LogP contribution in [0, 0.1) is 0 Å². The molecule has 1 heterocycles. The van der Waals surface area contributed by atoms with Crippen LogP contribution in [0.2, 0.25) is 0 Å². The van der Waals surface area contributed by atoms with Crippen molar-refractivity contribution in [3.8, 4) is 0 Å². The van der Waals surface area contributed by atoms with E-state index in [1.165, 1.54) is 10.9 Å². The Bertz CT molecular complexity index is 1070. The third-order valence-electron chi connectivity index (χ3n) is 4.60. The maximum atomic E-state index is 12.9. The smallest absolute Gasteiger partial charge is 0.343 e. The number of carbonyl (C=O) groups excluding carboxylic acids is 3. The molecule has 1 aromatic heterocycles. The fraction of sp³-hybridized carbons (Fsp3) is 0.217. The van der Waals surface area contributed by atoms with Gasteiger partial charge in [0.2, 0.25) is 11.8 Å². The number of hydrogen-bond acceptors (Lipinski definition) is 6. The van der Waals surface area contributed by atoms with Crippen LogP contribution in [-0.4, -0.2) is 40.7 Å². The van der Waals surface area contributed by atoms with Crippen molar-refractivity contribution in [1.82, 2.24) is 15.1 Å². The van der Waals surface area contributed by atoms with E-state index >= 15 is 0 Å². The number of ether oxygens (including phenoxy) is 1. The Balaban J connectivity index is 1.70. The Hall–Kier alpha value is -3.98. The van der Waals surface area contributed by atoms with E-state index in [-0.39, 0.29) is 30.4 Å². The number of amides is 2. The fourth-order valence-electron chi connectivity index (χ4n) is 3.06. The lowest BCUT2D eigenvalue weighted by atomic mass is 10.1. The molecule has 0 saturated heterocycles. The Morgan fingerprint density at radius 2 is 1.66 bits per heavy atom. The van der Waals surface area contributed by atoms with Gasteiger partial charge in [-0.2, -0.15) is 5.10 Å². The topological polar surface area (TPSA) is 114 Å². The van der Waals surface area contributed by atoms with Crippen LogP contribution in [0.15, 0.2) is 66.9 Å². The summed E-state index contributed by atoms with van der Waals surface area (Å²) in [6, 6.07) is 17.4. The van der Waals surface area contributed by atoms with Gasteiger partial charge in [-0.15, -0.1) is 0 Å². The molecule has 0 radical (unpaired) electrons. The van der Waals surface area contributed by atoms with Gasteiger partial charge in [-0.05, 0) is 24.6 Å². The first kappa shape index (κ1) is 22.7. The number of aromatic nitrogens is 2. The van der Waals surface area contributed by atoms with Crippen molar-refractivity contribution in [2.24, 2.45) is 7.05 Å². The zero-order chi connectivity index (χ0) is 22.9. The van der Waals surface area contributed by atoms with Crippen LogP contribution in [0.4, 0.5) is 11.5 Å². The highest BCUT2D eigenvalue weighted by Gasteiger charge is 2.23. The van der Waals surface area contributed by atoms with Crippen molar-refractivity contribution in [1.29, 1.82) is 0 Å². The second-order valence-electron chi connectivity index (χ2n) is 6.88. The van der Waals surface area contributed by atoms with Crippen LogP contribution in [0.1, 0.15) is 28.9 Å². The number of nitrogens with one attached hydrogen (secondary N) is 3. The molecule has 3 N–H and O–H groups in total. The van der Waals surface area contributed by atoms with Gasteiger partial charge >= 0.3 is 5.97 Å². The minimum atomic E-state index is -0.766. The fourth-order valence-corrected chi connectivity index (χ4v) is 3.06. The molecule has 1 atom stereocenters. The van der Waals surface area contributed by atoms with Gasteiger partial charge in [0.25, 0.3) is 0 Å². The third-order valence-corrected chi connectivity index (χ3v) is 4.60. The summed E-state index contributed by atoms with van der Waals surface area (Å²) in [7, 11) is 1.60. The average Bonchev–Trinajstić information content (AvgIpc) is 3.15. The van der Waals surface area contributed by atoms with Crippen molar-refractivity contribution >= 4 is 29.3 Å². The third kappa shape index (κ3) is 5.79. The van der Waals surface area contributed by atoms with E-state index in [0.29, 0.717) is 11.3 Å². The van der Waals surface area contributed by atoms with Crippen LogP contribution in [-0.2, 0) is 21.4 Å². The lowest BCUT2D eigenvalue weighted by Gasteiger charge is -2.19. The Labute approximate surface area is 185 Å². The standard InChI is InChI=1S/C23H25N5O4/c1-3-32-23(31)18-14-25-28(2)21(18)27-19(29)15-24-20(16-10-6-4-7-11-16)22(30)26-17-12-8-5-9-13-17/h4-14,20,24H,3,15H2,1-2H3,(H,26,30)(H,27,29). The second kappa shape index (κ2) is 10.9. The number of benzene rings is 2. The van der Waals surface area contributed by atoms with Crippen molar-refractivity contribution in [3.63, 3.8) is 0 Å². The first-order valence-electron chi connectivity index (χ1n) is 10.1. The van der Waals surface area contributed by atoms with Gasteiger partial charge in [-0.25, -0.2) is 4.79 Å². The monoisotopic (exact) mass is 435 g/mol. The number of aryl methyl sites for hydroxylation is 1. The first-order valence-corrected chi connectivity index (χ1v) is 10.1. The number of hydrogen-bond donors (Lipinski definition) is 3. The van der Waals surface area contributed by atoms with E-state index in [0.717, 1.165) is 0 Å². The number of para-hydroxylation sites is 1. The Morgan fingerprint density at radius 3 is 2.31 bits per heavy atom. The summed E-state index contributed by atoms with van der Waals surface area (Å²) in [6.07, 6.45) is 1.33. The quantitative estimate of drug-likeness (QED) is 0.445. The molecule has 0 aliphatic heterocycles. The van der Waals surface area contributed by atoms with Gasteiger partial charge in [0.05, 0.1) is 19.3 Å². The molecule has 0 fully saturated rings. The van der Waals surface area contributed by atoms with Crippen molar-refractivity contribution in [3.05, 3.63) is 78.0 Å². The summed E-state index contributed by atoms with van der Waals surface area (Å²) in [6.45, 7) is 1.73. The van der Waals surface area contributed by atoms with Crippen LogP contribution in [0.5, 0.6) is 0 Å². The van der Waals surface area contributed by atoms with Crippen molar-refractivity contribution in [2.75, 3.05) is 23.8 Å². The summed E-state index contributed by atoms with van der Waals surface area (Å²) in [5.74, 6) is -1.09. The molecule has 2 aromatic carbocycles. The zero-order valence-corrected chi connectivity index (χ0v) is 17.9. The highest BCUT2D eigenvalue weighted by Crippen LogP contribution is 2.17. The molecule has 166 valence electrons. The van der Waals surface area contributed by atoms with Gasteiger partial charge in [-0.3, -0.25) is 19.6 Å². The number of nitrogens with zero attached hydrogens (tertiary/aromatic N) is 2. The normalized spacial score (nSPS) is 11.4. The van der Waals surface area contributed by atoms with Crippen molar-refractivity contribution < 1.29 is 19.1 Å². The van der Waals surface area contributed by atoms with E-state index < -0.39 is 17.9 Å². The molecule has 0 spiro atoms. The average molecular weight is 435 g/mol. The molecule has 0 aliphatic carbocycles. The number of carbonyl (C=O) groups is 3. The lowest BCUT2D eigenvalue weighted by molar-refractivity contribution is -0.119. The Kier molecular flexibility index (Phi) is 7.71. The molecule has 9 heteroatoms. The lowest BCUT2D eigenvalue weighted by Crippen LogP contribution is -2.38. The van der Waals surface area contributed by atoms with Crippen LogP contribution in [0.3, 0.4) is 0 Å². The van der Waals surface area contributed by atoms with Gasteiger partial charge in [0.1, 0.15) is 17.4 Å².